The lowest BCUT2D eigenvalue weighted by Gasteiger charge is -1.82. The molecule has 0 saturated heterocycles. The second kappa shape index (κ2) is 6.73. The van der Waals surface area contributed by atoms with Gasteiger partial charge < -0.3 is 5.11 Å². The highest BCUT2D eigenvalue weighted by Crippen LogP contribution is 2.02. The second-order valence-electron chi connectivity index (χ2n) is 2.03. The third-order valence-corrected chi connectivity index (χ3v) is 1.62. The Hall–Kier alpha value is -0.960. The van der Waals surface area contributed by atoms with E-state index in [1.807, 2.05) is 6.07 Å². The van der Waals surface area contributed by atoms with Gasteiger partial charge in [-0.2, -0.15) is 0 Å². The van der Waals surface area contributed by atoms with Crippen molar-refractivity contribution in [2.45, 2.75) is 6.92 Å². The number of phenolic OH excluding ortho intramolecular Hbond substituents is 1. The molecule has 1 aromatic carbocycles. The maximum atomic E-state index is 9.78. The summed E-state index contributed by atoms with van der Waals surface area (Å²) in [6.07, 6.45) is 1.77. The van der Waals surface area contributed by atoms with Crippen molar-refractivity contribution >= 4 is 16.9 Å². The number of rotatable bonds is 0. The molecule has 0 bridgehead atoms. The van der Waals surface area contributed by atoms with E-state index in [0.717, 1.165) is 0 Å². The number of hydrogen-bond donors (Lipinski definition) is 1. The Morgan fingerprint density at radius 3 is 1.92 bits per heavy atom. The molecule has 66 valence electrons. The first-order valence-electron chi connectivity index (χ1n) is 3.45. The predicted octanol–water partition coefficient (Wildman–Crippen LogP) is 2.29. The number of thioether (sulfide) groups is 1. The minimum atomic E-state index is 0.171. The normalized spacial score (nSPS) is 8.17. The highest BCUT2D eigenvalue weighted by Gasteiger charge is 1.77. The fourth-order valence-electron chi connectivity index (χ4n) is 0.428. The molecule has 1 N–H and O–H groups in total. The zero-order valence-electron chi connectivity index (χ0n) is 7.15. The Balaban J connectivity index is 0.000000217. The van der Waals surface area contributed by atoms with Crippen molar-refractivity contribution in [3.63, 3.8) is 0 Å². The molecular weight excluding hydrogens is 172 g/mol. The van der Waals surface area contributed by atoms with Crippen LogP contribution in [0.5, 0.6) is 5.75 Å². The summed E-state index contributed by atoms with van der Waals surface area (Å²) in [5.74, 6) is 0.322. The minimum Gasteiger partial charge on any atom is -0.508 e. The fraction of sp³-hybridized carbons (Fsp3) is 0.222. The average Bonchev–Trinajstić information content (AvgIpc) is 2.07. The zero-order valence-corrected chi connectivity index (χ0v) is 7.97. The summed E-state index contributed by atoms with van der Waals surface area (Å²) in [6.45, 7) is 1.55. The first-order chi connectivity index (χ1) is 5.66. The van der Waals surface area contributed by atoms with Gasteiger partial charge in [0.2, 0.25) is 0 Å². The minimum absolute atomic E-state index is 0.171. The molecule has 12 heavy (non-hydrogen) atoms. The molecule has 3 heteroatoms. The Kier molecular flexibility index (Phi) is 6.19. The van der Waals surface area contributed by atoms with Gasteiger partial charge in [-0.05, 0) is 18.4 Å². The first kappa shape index (κ1) is 11.0. The SMILES string of the molecule is CSC(C)=O.Oc1ccccc1. The lowest BCUT2D eigenvalue weighted by molar-refractivity contribution is -0.109. The molecule has 2 nitrogen and oxygen atoms in total. The van der Waals surface area contributed by atoms with Crippen molar-refractivity contribution in [1.82, 2.24) is 0 Å². The molecule has 0 spiro atoms. The van der Waals surface area contributed by atoms with E-state index in [0.29, 0.717) is 5.75 Å². The van der Waals surface area contributed by atoms with Crippen molar-refractivity contribution in [3.8, 4) is 5.75 Å². The maximum Gasteiger partial charge on any atom is 0.185 e. The van der Waals surface area contributed by atoms with Gasteiger partial charge in [0.1, 0.15) is 5.75 Å². The molecule has 0 aliphatic carbocycles. The van der Waals surface area contributed by atoms with Crippen molar-refractivity contribution in [1.29, 1.82) is 0 Å². The van der Waals surface area contributed by atoms with Crippen LogP contribution in [0.25, 0.3) is 0 Å². The largest absolute Gasteiger partial charge is 0.508 e. The van der Waals surface area contributed by atoms with Crippen LogP contribution in [0.2, 0.25) is 0 Å². The smallest absolute Gasteiger partial charge is 0.185 e. The van der Waals surface area contributed by atoms with Gasteiger partial charge in [0.05, 0.1) is 0 Å². The topological polar surface area (TPSA) is 37.3 Å². The van der Waals surface area contributed by atoms with Gasteiger partial charge in [0.25, 0.3) is 0 Å². The summed E-state index contributed by atoms with van der Waals surface area (Å²) < 4.78 is 0. The van der Waals surface area contributed by atoms with E-state index in [-0.39, 0.29) is 5.12 Å². The number of phenols is 1. The quantitative estimate of drug-likeness (QED) is 0.672. The molecule has 0 unspecified atom stereocenters. The van der Waals surface area contributed by atoms with Crippen molar-refractivity contribution in [2.24, 2.45) is 0 Å². The van der Waals surface area contributed by atoms with Crippen LogP contribution in [-0.4, -0.2) is 16.5 Å². The van der Waals surface area contributed by atoms with E-state index in [4.69, 9.17) is 5.11 Å². The molecular formula is C9H12O2S. The number of benzene rings is 1. The fourth-order valence-corrected chi connectivity index (χ4v) is 0.428. The summed E-state index contributed by atoms with van der Waals surface area (Å²) in [6, 6.07) is 8.71. The molecule has 0 amide bonds. The van der Waals surface area contributed by atoms with Gasteiger partial charge in [0, 0.05) is 6.92 Å². The van der Waals surface area contributed by atoms with Gasteiger partial charge in [-0.15, -0.1) is 0 Å². The van der Waals surface area contributed by atoms with E-state index in [1.165, 1.54) is 11.8 Å². The Morgan fingerprint density at radius 1 is 1.33 bits per heavy atom. The van der Waals surface area contributed by atoms with E-state index >= 15 is 0 Å². The van der Waals surface area contributed by atoms with Gasteiger partial charge in [-0.25, -0.2) is 0 Å². The van der Waals surface area contributed by atoms with Crippen LogP contribution in [0.15, 0.2) is 30.3 Å². The standard InChI is InChI=1S/C6H6O.C3H6OS/c7-6-4-2-1-3-5-6;1-3(4)5-2/h1-5,7H;1-2H3. The maximum absolute atomic E-state index is 9.78. The van der Waals surface area contributed by atoms with Crippen molar-refractivity contribution in [3.05, 3.63) is 30.3 Å². The Labute approximate surface area is 76.6 Å². The molecule has 0 fully saturated rings. The summed E-state index contributed by atoms with van der Waals surface area (Å²) in [5.41, 5.74) is 0. The number of carbonyl (C=O) groups is 1. The van der Waals surface area contributed by atoms with Gasteiger partial charge in [0.15, 0.2) is 5.12 Å². The summed E-state index contributed by atoms with van der Waals surface area (Å²) in [4.78, 5) is 9.78. The Morgan fingerprint density at radius 2 is 1.75 bits per heavy atom. The van der Waals surface area contributed by atoms with E-state index in [2.05, 4.69) is 0 Å². The lowest BCUT2D eigenvalue weighted by Crippen LogP contribution is -1.72. The van der Waals surface area contributed by atoms with Crippen molar-refractivity contribution in [2.75, 3.05) is 6.26 Å². The zero-order chi connectivity index (χ0) is 9.40. The van der Waals surface area contributed by atoms with Crippen LogP contribution in [0.3, 0.4) is 0 Å². The van der Waals surface area contributed by atoms with Gasteiger partial charge in [-0.1, -0.05) is 30.0 Å². The van der Waals surface area contributed by atoms with Gasteiger partial charge >= 0.3 is 0 Å². The van der Waals surface area contributed by atoms with Gasteiger partial charge in [-0.3, -0.25) is 4.79 Å². The molecule has 0 aromatic heterocycles. The highest BCUT2D eigenvalue weighted by molar-refractivity contribution is 8.12. The number of carbonyl (C=O) groups excluding carboxylic acids is 1. The molecule has 1 rings (SSSR count). The van der Waals surface area contributed by atoms with Crippen LogP contribution in [0, 0.1) is 0 Å². The first-order valence-corrected chi connectivity index (χ1v) is 4.68. The second-order valence-corrected chi connectivity index (χ2v) is 3.01. The molecule has 0 radical (unpaired) electrons. The Bertz CT molecular complexity index is 221. The van der Waals surface area contributed by atoms with Crippen molar-refractivity contribution < 1.29 is 9.90 Å². The van der Waals surface area contributed by atoms with E-state index in [1.54, 1.807) is 37.4 Å². The number of hydrogen-bond acceptors (Lipinski definition) is 3. The highest BCUT2D eigenvalue weighted by atomic mass is 32.2. The number of aromatic hydroxyl groups is 1. The average molecular weight is 184 g/mol. The van der Waals surface area contributed by atoms with E-state index < -0.39 is 0 Å². The molecule has 0 saturated carbocycles. The molecule has 0 aliphatic heterocycles. The summed E-state index contributed by atoms with van der Waals surface area (Å²) in [5, 5.41) is 8.80. The van der Waals surface area contributed by atoms with Crippen LogP contribution < -0.4 is 0 Å². The van der Waals surface area contributed by atoms with E-state index in [9.17, 15) is 4.79 Å². The molecule has 0 atom stereocenters. The third kappa shape index (κ3) is 7.15. The number of para-hydroxylation sites is 1. The molecule has 0 heterocycles. The summed E-state index contributed by atoms with van der Waals surface area (Å²) >= 11 is 1.24. The van der Waals surface area contributed by atoms with Crippen LogP contribution in [0.4, 0.5) is 0 Å². The summed E-state index contributed by atoms with van der Waals surface area (Å²) in [7, 11) is 0. The lowest BCUT2D eigenvalue weighted by atomic mass is 10.3. The predicted molar refractivity (Wildman–Crippen MR) is 52.3 cm³/mol. The van der Waals surface area contributed by atoms with Crippen LogP contribution >= 0.6 is 11.8 Å². The van der Waals surface area contributed by atoms with Crippen LogP contribution in [-0.2, 0) is 4.79 Å². The molecule has 1 aromatic rings. The third-order valence-electron chi connectivity index (χ3n) is 1.04. The monoisotopic (exact) mass is 184 g/mol. The molecule has 0 aliphatic rings. The van der Waals surface area contributed by atoms with Crippen LogP contribution in [0.1, 0.15) is 6.92 Å².